The normalized spacial score (nSPS) is 27.7. The van der Waals surface area contributed by atoms with Crippen LogP contribution in [0.1, 0.15) is 65.9 Å². The van der Waals surface area contributed by atoms with Gasteiger partial charge in [-0.2, -0.15) is 15.1 Å². The van der Waals surface area contributed by atoms with Crippen LogP contribution in [0.3, 0.4) is 0 Å². The Morgan fingerprint density at radius 1 is 1.14 bits per heavy atom. The van der Waals surface area contributed by atoms with E-state index in [1.54, 1.807) is 0 Å². The summed E-state index contributed by atoms with van der Waals surface area (Å²) < 4.78 is 29.8. The number of benzene rings is 1. The largest absolute Gasteiger partial charge is 0.461 e. The van der Waals surface area contributed by atoms with E-state index in [1.165, 1.54) is 5.56 Å². The van der Waals surface area contributed by atoms with Crippen LogP contribution in [0.15, 0.2) is 18.2 Å². The average molecular weight is 643 g/mol. The van der Waals surface area contributed by atoms with Gasteiger partial charge >= 0.3 is 6.01 Å². The fourth-order valence-corrected chi connectivity index (χ4v) is 8.86. The molecule has 1 aliphatic carbocycles. The molecule has 1 spiro atoms. The Balaban J connectivity index is 1.16. The van der Waals surface area contributed by atoms with Crippen LogP contribution in [0, 0.1) is 0 Å². The van der Waals surface area contributed by atoms with Crippen molar-refractivity contribution in [2.24, 2.45) is 0 Å². The monoisotopic (exact) mass is 641 g/mol. The van der Waals surface area contributed by atoms with E-state index in [-0.39, 0.29) is 5.54 Å². The summed E-state index contributed by atoms with van der Waals surface area (Å²) in [5.74, 6) is 0.820. The van der Waals surface area contributed by atoms with Gasteiger partial charge in [0.2, 0.25) is 0 Å². The van der Waals surface area contributed by atoms with Crippen molar-refractivity contribution in [2.45, 2.75) is 88.5 Å². The fraction of sp³-hybridized carbons (Fsp3) is 0.594. The van der Waals surface area contributed by atoms with E-state index in [1.807, 2.05) is 23.9 Å². The van der Waals surface area contributed by atoms with Crippen LogP contribution in [0.2, 0.25) is 10.0 Å². The zero-order valence-electron chi connectivity index (χ0n) is 25.0. The second-order valence-corrected chi connectivity index (χ2v) is 13.9. The van der Waals surface area contributed by atoms with Gasteiger partial charge in [-0.15, -0.1) is 0 Å². The Morgan fingerprint density at radius 3 is 2.93 bits per heavy atom. The number of rotatable bonds is 6. The molecule has 0 radical (unpaired) electrons. The van der Waals surface area contributed by atoms with Crippen molar-refractivity contribution >= 4 is 29.0 Å². The van der Waals surface area contributed by atoms with Crippen molar-refractivity contribution in [3.8, 4) is 6.01 Å². The van der Waals surface area contributed by atoms with Crippen molar-refractivity contribution in [1.82, 2.24) is 30.0 Å². The third kappa shape index (κ3) is 4.71. The predicted molar refractivity (Wildman–Crippen MR) is 166 cm³/mol. The smallest absolute Gasteiger partial charge is 0.318 e. The maximum Gasteiger partial charge on any atom is 0.318 e. The molecule has 44 heavy (non-hydrogen) atoms. The topological polar surface area (TPSA) is 80.6 Å². The molecule has 3 aromatic rings. The van der Waals surface area contributed by atoms with Crippen LogP contribution in [0.5, 0.6) is 6.01 Å². The summed E-state index contributed by atoms with van der Waals surface area (Å²) in [5.41, 5.74) is 5.33. The van der Waals surface area contributed by atoms with Crippen LogP contribution in [-0.4, -0.2) is 69.6 Å². The van der Waals surface area contributed by atoms with Crippen molar-refractivity contribution in [1.29, 1.82) is 0 Å². The number of ether oxygens (including phenoxy) is 2. The fourth-order valence-electron chi connectivity index (χ4n) is 8.33. The average Bonchev–Trinajstić information content (AvgIpc) is 3.69. The van der Waals surface area contributed by atoms with Gasteiger partial charge < -0.3 is 19.7 Å². The third-order valence-corrected chi connectivity index (χ3v) is 11.2. The van der Waals surface area contributed by atoms with Crippen molar-refractivity contribution in [3.05, 3.63) is 62.0 Å². The molecule has 0 amide bonds. The summed E-state index contributed by atoms with van der Waals surface area (Å²) >= 11 is 13.5. The van der Waals surface area contributed by atoms with Crippen molar-refractivity contribution in [3.63, 3.8) is 0 Å². The Morgan fingerprint density at radius 2 is 2.05 bits per heavy atom. The first-order valence-corrected chi connectivity index (χ1v) is 16.6. The molecule has 234 valence electrons. The van der Waals surface area contributed by atoms with Gasteiger partial charge in [0, 0.05) is 49.6 Å². The van der Waals surface area contributed by atoms with Gasteiger partial charge in [-0.25, -0.2) is 4.39 Å². The SMILES string of the molecule is CNCc1nn2c(c1Cl)CN(c1nc(OC[C@@]34CCCN3CC(F)C4)nc3c1CO[C@@]1(CCc4c(Cl)cccc41)C3)CCC2. The van der Waals surface area contributed by atoms with E-state index in [9.17, 15) is 4.39 Å². The number of nitrogens with zero attached hydrogens (tertiary/aromatic N) is 6. The number of fused-ring (bicyclic) bond motifs is 5. The molecule has 0 bridgehead atoms. The number of nitrogens with one attached hydrogen (secondary N) is 1. The minimum atomic E-state index is -0.815. The van der Waals surface area contributed by atoms with E-state index >= 15 is 0 Å². The van der Waals surface area contributed by atoms with Gasteiger partial charge in [0.15, 0.2) is 0 Å². The number of hydrogen-bond acceptors (Lipinski definition) is 8. The Hall–Kier alpha value is -2.50. The first kappa shape index (κ1) is 28.9. The number of aryl methyl sites for hydroxylation is 1. The van der Waals surface area contributed by atoms with E-state index < -0.39 is 11.8 Å². The van der Waals surface area contributed by atoms with E-state index in [2.05, 4.69) is 21.2 Å². The maximum atomic E-state index is 14.5. The Labute approximate surface area is 267 Å². The first-order chi connectivity index (χ1) is 21.4. The van der Waals surface area contributed by atoms with Crippen molar-refractivity contribution in [2.75, 3.05) is 38.2 Å². The molecule has 2 aromatic heterocycles. The number of halogens is 3. The zero-order valence-corrected chi connectivity index (χ0v) is 26.6. The highest BCUT2D eigenvalue weighted by molar-refractivity contribution is 6.32. The van der Waals surface area contributed by atoms with Gasteiger partial charge in [-0.1, -0.05) is 35.3 Å². The van der Waals surface area contributed by atoms with E-state index in [4.69, 9.17) is 47.7 Å². The molecule has 5 aliphatic rings. The lowest BCUT2D eigenvalue weighted by Gasteiger charge is -2.37. The summed E-state index contributed by atoms with van der Waals surface area (Å²) in [4.78, 5) is 14.6. The van der Waals surface area contributed by atoms with Gasteiger partial charge in [-0.05, 0) is 62.9 Å². The van der Waals surface area contributed by atoms with Gasteiger partial charge in [0.25, 0.3) is 0 Å². The molecular weight excluding hydrogens is 604 g/mol. The van der Waals surface area contributed by atoms with Gasteiger partial charge in [0.1, 0.15) is 18.6 Å². The highest BCUT2D eigenvalue weighted by Crippen LogP contribution is 2.49. The number of anilines is 1. The predicted octanol–water partition coefficient (Wildman–Crippen LogP) is 4.98. The summed E-state index contributed by atoms with van der Waals surface area (Å²) in [7, 11) is 1.90. The summed E-state index contributed by atoms with van der Waals surface area (Å²) in [6.45, 7) is 4.94. The highest BCUT2D eigenvalue weighted by atomic mass is 35.5. The minimum absolute atomic E-state index is 0.281. The summed E-state index contributed by atoms with van der Waals surface area (Å²) in [5, 5.41) is 9.44. The standard InChI is InChI=1S/C32H38Cl2FN7O2/c1-36-15-26-28(34)27-17-40(10-4-12-42(27)39-26)29-22-18-44-32(9-7-21-23(32)5-2-6-24(21)33)14-25(22)37-30(38-29)43-19-31-8-3-11-41(31)16-20(35)13-31/h2,5-6,20,36H,3-4,7-19H2,1H3/t20?,31-,32-/m0/s1. The molecule has 0 saturated carbocycles. The number of aromatic nitrogens is 4. The van der Waals surface area contributed by atoms with Crippen molar-refractivity contribution < 1.29 is 13.9 Å². The van der Waals surface area contributed by atoms with Crippen LogP contribution in [-0.2, 0) is 49.4 Å². The summed E-state index contributed by atoms with van der Waals surface area (Å²) in [6.07, 6.45) is 4.92. The van der Waals surface area contributed by atoms with Crippen LogP contribution in [0.25, 0.3) is 0 Å². The zero-order chi connectivity index (χ0) is 30.1. The molecule has 8 rings (SSSR count). The number of alkyl halides is 1. The molecule has 6 heterocycles. The highest BCUT2D eigenvalue weighted by Gasteiger charge is 2.50. The molecule has 1 N–H and O–H groups in total. The molecule has 9 nitrogen and oxygen atoms in total. The van der Waals surface area contributed by atoms with Crippen LogP contribution < -0.4 is 15.0 Å². The third-order valence-electron chi connectivity index (χ3n) is 10.5. The molecule has 1 unspecified atom stereocenters. The number of hydrogen-bond donors (Lipinski definition) is 1. The molecule has 4 aliphatic heterocycles. The van der Waals surface area contributed by atoms with E-state index in [0.29, 0.717) is 56.7 Å². The van der Waals surface area contributed by atoms with Gasteiger partial charge in [-0.3, -0.25) is 9.58 Å². The molecule has 12 heteroatoms. The van der Waals surface area contributed by atoms with E-state index in [0.717, 1.165) is 90.8 Å². The molecule has 2 saturated heterocycles. The first-order valence-electron chi connectivity index (χ1n) is 15.9. The lowest BCUT2D eigenvalue weighted by Crippen LogP contribution is -2.43. The van der Waals surface area contributed by atoms with Gasteiger partial charge in [0.05, 0.1) is 46.4 Å². The lowest BCUT2D eigenvalue weighted by molar-refractivity contribution is -0.0730. The second kappa shape index (κ2) is 11.1. The van der Waals surface area contributed by atoms with Crippen LogP contribution >= 0.6 is 23.2 Å². The lowest BCUT2D eigenvalue weighted by atomic mass is 9.87. The Kier molecular flexibility index (Phi) is 7.29. The second-order valence-electron chi connectivity index (χ2n) is 13.1. The Bertz CT molecular complexity index is 1600. The molecule has 1 aromatic carbocycles. The molecule has 3 atom stereocenters. The van der Waals surface area contributed by atoms with Crippen LogP contribution in [0.4, 0.5) is 10.2 Å². The maximum absolute atomic E-state index is 14.5. The quantitative estimate of drug-likeness (QED) is 0.404. The molecule has 2 fully saturated rings. The molecular formula is C32H38Cl2FN7O2. The summed E-state index contributed by atoms with van der Waals surface area (Å²) in [6, 6.07) is 6.45. The minimum Gasteiger partial charge on any atom is -0.461 e.